The summed E-state index contributed by atoms with van der Waals surface area (Å²) in [6, 6.07) is 4.21. The van der Waals surface area contributed by atoms with Crippen LogP contribution in [0, 0.1) is 5.82 Å². The Balaban J connectivity index is 2.00. The van der Waals surface area contributed by atoms with Crippen molar-refractivity contribution in [1.82, 2.24) is 9.80 Å². The van der Waals surface area contributed by atoms with Gasteiger partial charge in [0.2, 0.25) is 5.91 Å². The lowest BCUT2D eigenvalue weighted by Crippen LogP contribution is -2.33. The first kappa shape index (κ1) is 15.4. The standard InChI is InChI=1S/C15H19FN2O3/c1-11(19)18-6-2-5-17(7-8-18)10-12-3-4-13(15(20)21)14(16)9-12/h3-4,9H,2,5-8,10H2,1H3,(H,20,21). The minimum Gasteiger partial charge on any atom is -0.478 e. The molecular formula is C15H19FN2O3. The molecule has 5 nitrogen and oxygen atoms in total. The fourth-order valence-corrected chi connectivity index (χ4v) is 2.53. The summed E-state index contributed by atoms with van der Waals surface area (Å²) in [5, 5.41) is 8.81. The molecule has 1 saturated heterocycles. The molecule has 1 N–H and O–H groups in total. The average Bonchev–Trinajstić information content (AvgIpc) is 2.64. The van der Waals surface area contributed by atoms with Crippen LogP contribution < -0.4 is 0 Å². The third-order valence-electron chi connectivity index (χ3n) is 3.70. The van der Waals surface area contributed by atoms with E-state index >= 15 is 0 Å². The van der Waals surface area contributed by atoms with Gasteiger partial charge in [0.1, 0.15) is 5.82 Å². The predicted molar refractivity (Wildman–Crippen MR) is 75.5 cm³/mol. The van der Waals surface area contributed by atoms with E-state index in [-0.39, 0.29) is 11.5 Å². The Bertz CT molecular complexity index is 548. The summed E-state index contributed by atoms with van der Waals surface area (Å²) >= 11 is 0. The van der Waals surface area contributed by atoms with Crippen LogP contribution in [-0.2, 0) is 11.3 Å². The van der Waals surface area contributed by atoms with Crippen LogP contribution in [0.4, 0.5) is 4.39 Å². The minimum absolute atomic E-state index is 0.0775. The second-order valence-electron chi connectivity index (χ2n) is 5.26. The number of carboxylic acids is 1. The number of rotatable bonds is 3. The van der Waals surface area contributed by atoms with E-state index in [1.165, 1.54) is 12.1 Å². The van der Waals surface area contributed by atoms with Gasteiger partial charge in [-0.15, -0.1) is 0 Å². The van der Waals surface area contributed by atoms with Crippen LogP contribution in [0.1, 0.15) is 29.3 Å². The fourth-order valence-electron chi connectivity index (χ4n) is 2.53. The number of halogens is 1. The van der Waals surface area contributed by atoms with Crippen molar-refractivity contribution in [3.05, 3.63) is 35.1 Å². The maximum atomic E-state index is 13.7. The molecule has 6 heteroatoms. The minimum atomic E-state index is -1.26. The van der Waals surface area contributed by atoms with Crippen molar-refractivity contribution in [1.29, 1.82) is 0 Å². The zero-order chi connectivity index (χ0) is 15.4. The van der Waals surface area contributed by atoms with Crippen molar-refractivity contribution in [2.24, 2.45) is 0 Å². The normalized spacial score (nSPS) is 16.6. The number of hydrogen-bond donors (Lipinski definition) is 1. The molecule has 1 aromatic rings. The number of hydrogen-bond acceptors (Lipinski definition) is 3. The smallest absolute Gasteiger partial charge is 0.338 e. The molecule has 1 aromatic carbocycles. The number of aromatic carboxylic acids is 1. The fraction of sp³-hybridized carbons (Fsp3) is 0.467. The van der Waals surface area contributed by atoms with Crippen molar-refractivity contribution in [2.75, 3.05) is 26.2 Å². The van der Waals surface area contributed by atoms with Crippen LogP contribution in [0.25, 0.3) is 0 Å². The molecular weight excluding hydrogens is 275 g/mol. The van der Waals surface area contributed by atoms with Gasteiger partial charge < -0.3 is 10.0 Å². The number of amides is 1. The quantitative estimate of drug-likeness (QED) is 0.919. The highest BCUT2D eigenvalue weighted by Crippen LogP contribution is 2.14. The molecule has 0 aromatic heterocycles. The first-order valence-electron chi connectivity index (χ1n) is 6.97. The molecule has 1 fully saturated rings. The van der Waals surface area contributed by atoms with Crippen LogP contribution in [-0.4, -0.2) is 53.0 Å². The Morgan fingerprint density at radius 3 is 2.62 bits per heavy atom. The van der Waals surface area contributed by atoms with Crippen LogP contribution >= 0.6 is 0 Å². The van der Waals surface area contributed by atoms with E-state index in [0.717, 1.165) is 31.6 Å². The van der Waals surface area contributed by atoms with Gasteiger partial charge in [-0.2, -0.15) is 0 Å². The molecule has 0 saturated carbocycles. The molecule has 0 radical (unpaired) electrons. The molecule has 21 heavy (non-hydrogen) atoms. The van der Waals surface area contributed by atoms with E-state index in [9.17, 15) is 14.0 Å². The summed E-state index contributed by atoms with van der Waals surface area (Å²) < 4.78 is 13.7. The Labute approximate surface area is 123 Å². The molecule has 2 rings (SSSR count). The average molecular weight is 294 g/mol. The largest absolute Gasteiger partial charge is 0.478 e. The topological polar surface area (TPSA) is 60.9 Å². The molecule has 1 heterocycles. The third-order valence-corrected chi connectivity index (χ3v) is 3.70. The Morgan fingerprint density at radius 2 is 2.00 bits per heavy atom. The second kappa shape index (κ2) is 6.67. The van der Waals surface area contributed by atoms with Crippen LogP contribution in [0.3, 0.4) is 0 Å². The van der Waals surface area contributed by atoms with Crippen molar-refractivity contribution >= 4 is 11.9 Å². The van der Waals surface area contributed by atoms with Gasteiger partial charge in [-0.3, -0.25) is 9.69 Å². The maximum absolute atomic E-state index is 13.7. The molecule has 1 aliphatic rings. The molecule has 0 aliphatic carbocycles. The van der Waals surface area contributed by atoms with E-state index < -0.39 is 11.8 Å². The summed E-state index contributed by atoms with van der Waals surface area (Å²) in [5.74, 6) is -1.89. The van der Waals surface area contributed by atoms with Crippen molar-refractivity contribution in [2.45, 2.75) is 19.9 Å². The van der Waals surface area contributed by atoms with Crippen LogP contribution in [0.15, 0.2) is 18.2 Å². The van der Waals surface area contributed by atoms with E-state index in [1.807, 2.05) is 4.90 Å². The number of carbonyl (C=O) groups excluding carboxylic acids is 1. The molecule has 0 bridgehead atoms. The van der Waals surface area contributed by atoms with E-state index in [1.54, 1.807) is 13.0 Å². The van der Waals surface area contributed by atoms with Gasteiger partial charge in [-0.1, -0.05) is 6.07 Å². The zero-order valence-electron chi connectivity index (χ0n) is 12.0. The molecule has 0 spiro atoms. The number of carbonyl (C=O) groups is 2. The molecule has 0 unspecified atom stereocenters. The predicted octanol–water partition coefficient (Wildman–Crippen LogP) is 1.58. The lowest BCUT2D eigenvalue weighted by molar-refractivity contribution is -0.128. The van der Waals surface area contributed by atoms with E-state index in [4.69, 9.17) is 5.11 Å². The SMILES string of the molecule is CC(=O)N1CCCN(Cc2ccc(C(=O)O)c(F)c2)CC1. The summed E-state index contributed by atoms with van der Waals surface area (Å²) in [5.41, 5.74) is 0.436. The second-order valence-corrected chi connectivity index (χ2v) is 5.26. The molecule has 0 atom stereocenters. The number of carboxylic acid groups (broad SMARTS) is 1. The molecule has 114 valence electrons. The maximum Gasteiger partial charge on any atom is 0.338 e. The van der Waals surface area contributed by atoms with E-state index in [2.05, 4.69) is 4.90 Å². The van der Waals surface area contributed by atoms with Gasteiger partial charge in [-0.25, -0.2) is 9.18 Å². The summed E-state index contributed by atoms with van der Waals surface area (Å²) in [6.07, 6.45) is 0.884. The first-order valence-corrected chi connectivity index (χ1v) is 6.97. The molecule has 1 aliphatic heterocycles. The van der Waals surface area contributed by atoms with Gasteiger partial charge >= 0.3 is 5.97 Å². The van der Waals surface area contributed by atoms with Gasteiger partial charge in [0.15, 0.2) is 0 Å². The van der Waals surface area contributed by atoms with Crippen LogP contribution in [0.2, 0.25) is 0 Å². The zero-order valence-corrected chi connectivity index (χ0v) is 12.0. The Kier molecular flexibility index (Phi) is 4.90. The number of benzene rings is 1. The Hall–Kier alpha value is -1.95. The Morgan fingerprint density at radius 1 is 1.24 bits per heavy atom. The third kappa shape index (κ3) is 4.01. The van der Waals surface area contributed by atoms with Crippen molar-refractivity contribution in [3.8, 4) is 0 Å². The lowest BCUT2D eigenvalue weighted by Gasteiger charge is -2.21. The van der Waals surface area contributed by atoms with Gasteiger partial charge in [0.05, 0.1) is 5.56 Å². The van der Waals surface area contributed by atoms with Gasteiger partial charge in [-0.05, 0) is 24.1 Å². The monoisotopic (exact) mass is 294 g/mol. The first-order chi connectivity index (χ1) is 9.97. The summed E-state index contributed by atoms with van der Waals surface area (Å²) in [6.45, 7) is 5.12. The van der Waals surface area contributed by atoms with Crippen LogP contribution in [0.5, 0.6) is 0 Å². The highest BCUT2D eigenvalue weighted by atomic mass is 19.1. The van der Waals surface area contributed by atoms with Crippen molar-refractivity contribution in [3.63, 3.8) is 0 Å². The van der Waals surface area contributed by atoms with Gasteiger partial charge in [0, 0.05) is 39.6 Å². The summed E-state index contributed by atoms with van der Waals surface area (Å²) in [4.78, 5) is 26.1. The van der Waals surface area contributed by atoms with Gasteiger partial charge in [0.25, 0.3) is 0 Å². The highest BCUT2D eigenvalue weighted by molar-refractivity contribution is 5.87. The molecule has 1 amide bonds. The lowest BCUT2D eigenvalue weighted by atomic mass is 10.1. The number of nitrogens with zero attached hydrogens (tertiary/aromatic N) is 2. The van der Waals surface area contributed by atoms with Crippen molar-refractivity contribution < 1.29 is 19.1 Å². The summed E-state index contributed by atoms with van der Waals surface area (Å²) in [7, 11) is 0. The van der Waals surface area contributed by atoms with E-state index in [0.29, 0.717) is 13.1 Å². The highest BCUT2D eigenvalue weighted by Gasteiger charge is 2.17.